The zero-order chi connectivity index (χ0) is 22.8. The third kappa shape index (κ3) is 4.84. The molecule has 3 fully saturated rings. The third-order valence-corrected chi connectivity index (χ3v) is 7.74. The Balaban J connectivity index is 1.27. The molecular weight excluding hydrogens is 412 g/mol. The van der Waals surface area contributed by atoms with Gasteiger partial charge in [-0.3, -0.25) is 9.59 Å². The lowest BCUT2D eigenvalue weighted by molar-refractivity contribution is 0.0506. The highest BCUT2D eigenvalue weighted by atomic mass is 16.5. The second-order valence-corrected chi connectivity index (χ2v) is 10.2. The van der Waals surface area contributed by atoms with Gasteiger partial charge in [0.25, 0.3) is 11.8 Å². The van der Waals surface area contributed by atoms with E-state index in [1.807, 2.05) is 66.4 Å². The molecule has 2 amide bonds. The van der Waals surface area contributed by atoms with E-state index in [4.69, 9.17) is 4.74 Å². The molecule has 0 N–H and O–H groups in total. The van der Waals surface area contributed by atoms with Gasteiger partial charge in [0, 0.05) is 37.4 Å². The Kier molecular flexibility index (Phi) is 6.24. The minimum Gasteiger partial charge on any atom is -0.379 e. The fraction of sp³-hybridized carbons (Fsp3) is 0.500. The summed E-state index contributed by atoms with van der Waals surface area (Å²) in [5.74, 6) is 0.947. The minimum absolute atomic E-state index is 0.0700. The number of rotatable bonds is 6. The second kappa shape index (κ2) is 9.30. The first kappa shape index (κ1) is 22.1. The summed E-state index contributed by atoms with van der Waals surface area (Å²) in [4.78, 5) is 30.5. The van der Waals surface area contributed by atoms with E-state index < -0.39 is 0 Å². The van der Waals surface area contributed by atoms with Crippen molar-refractivity contribution in [2.24, 2.45) is 11.3 Å². The van der Waals surface area contributed by atoms with Crippen LogP contribution in [0.15, 0.2) is 54.6 Å². The molecule has 0 radical (unpaired) electrons. The van der Waals surface area contributed by atoms with Crippen molar-refractivity contribution in [3.63, 3.8) is 0 Å². The van der Waals surface area contributed by atoms with Crippen LogP contribution in [0.2, 0.25) is 0 Å². The molecule has 1 saturated carbocycles. The Morgan fingerprint density at radius 3 is 2.33 bits per heavy atom. The average molecular weight is 447 g/mol. The molecule has 1 aliphatic carbocycles. The molecule has 174 valence electrons. The molecule has 3 aliphatic rings. The molecule has 33 heavy (non-hydrogen) atoms. The van der Waals surface area contributed by atoms with Gasteiger partial charge in [0.1, 0.15) is 0 Å². The van der Waals surface area contributed by atoms with Crippen LogP contribution in [0, 0.1) is 18.3 Å². The van der Waals surface area contributed by atoms with Crippen LogP contribution in [0.25, 0.3) is 0 Å². The van der Waals surface area contributed by atoms with E-state index in [1.165, 1.54) is 12.8 Å². The molecule has 2 aromatic rings. The Hall–Kier alpha value is -2.66. The average Bonchev–Trinajstić information content (AvgIpc) is 3.61. The SMILES string of the molecule is Cc1ccccc1C(=O)N1CCC2(CC1)CC(COCC1CC1)N(C(=O)c1ccccc1)C2. The largest absolute Gasteiger partial charge is 0.379 e. The molecule has 1 spiro atoms. The number of benzene rings is 2. The van der Waals surface area contributed by atoms with E-state index in [0.717, 1.165) is 62.2 Å². The molecule has 2 aliphatic heterocycles. The molecule has 1 atom stereocenters. The molecular formula is C28H34N2O3. The number of likely N-dealkylation sites (tertiary alicyclic amines) is 2. The summed E-state index contributed by atoms with van der Waals surface area (Å²) in [5.41, 5.74) is 2.64. The first-order valence-corrected chi connectivity index (χ1v) is 12.3. The summed E-state index contributed by atoms with van der Waals surface area (Å²) in [6.45, 7) is 5.67. The molecule has 5 nitrogen and oxygen atoms in total. The molecule has 0 aromatic heterocycles. The van der Waals surface area contributed by atoms with Crippen LogP contribution in [0.5, 0.6) is 0 Å². The van der Waals surface area contributed by atoms with Crippen LogP contribution in [-0.4, -0.2) is 60.5 Å². The minimum atomic E-state index is 0.0700. The van der Waals surface area contributed by atoms with Crippen LogP contribution in [0.3, 0.4) is 0 Å². The van der Waals surface area contributed by atoms with Crippen molar-refractivity contribution in [3.05, 3.63) is 71.3 Å². The van der Waals surface area contributed by atoms with Gasteiger partial charge in [-0.1, -0.05) is 36.4 Å². The Morgan fingerprint density at radius 1 is 0.939 bits per heavy atom. The standard InChI is InChI=1S/C28H34N2O3/c1-21-7-5-6-10-25(21)27(32)29-15-13-28(14-16-29)17-24(19-33-18-22-11-12-22)30(20-28)26(31)23-8-3-2-4-9-23/h2-10,22,24H,11-20H2,1H3. The Labute approximate surface area is 196 Å². The number of hydrogen-bond donors (Lipinski definition) is 0. The molecule has 2 heterocycles. The molecule has 0 bridgehead atoms. The van der Waals surface area contributed by atoms with Gasteiger partial charge < -0.3 is 14.5 Å². The summed E-state index contributed by atoms with van der Waals surface area (Å²) < 4.78 is 6.06. The molecule has 1 unspecified atom stereocenters. The number of nitrogens with zero attached hydrogens (tertiary/aromatic N) is 2. The number of carbonyl (C=O) groups excluding carboxylic acids is 2. The van der Waals surface area contributed by atoms with E-state index >= 15 is 0 Å². The van der Waals surface area contributed by atoms with E-state index in [9.17, 15) is 9.59 Å². The molecule has 5 rings (SSSR count). The van der Waals surface area contributed by atoms with E-state index in [1.54, 1.807) is 0 Å². The van der Waals surface area contributed by atoms with Crippen LogP contribution < -0.4 is 0 Å². The highest BCUT2D eigenvalue weighted by molar-refractivity contribution is 5.96. The van der Waals surface area contributed by atoms with Gasteiger partial charge >= 0.3 is 0 Å². The fourth-order valence-electron chi connectivity index (χ4n) is 5.48. The van der Waals surface area contributed by atoms with Crippen LogP contribution in [0.1, 0.15) is 58.4 Å². The molecule has 2 saturated heterocycles. The van der Waals surface area contributed by atoms with Crippen molar-refractivity contribution in [1.82, 2.24) is 9.80 Å². The predicted molar refractivity (Wildman–Crippen MR) is 128 cm³/mol. The van der Waals surface area contributed by atoms with E-state index in [0.29, 0.717) is 12.5 Å². The quantitative estimate of drug-likeness (QED) is 0.654. The first-order valence-electron chi connectivity index (χ1n) is 12.3. The lowest BCUT2D eigenvalue weighted by Gasteiger charge is -2.39. The second-order valence-electron chi connectivity index (χ2n) is 10.2. The Morgan fingerprint density at radius 2 is 1.64 bits per heavy atom. The van der Waals surface area contributed by atoms with Crippen LogP contribution in [-0.2, 0) is 4.74 Å². The summed E-state index contributed by atoms with van der Waals surface area (Å²) >= 11 is 0. The highest BCUT2D eigenvalue weighted by Crippen LogP contribution is 2.44. The van der Waals surface area contributed by atoms with Gasteiger partial charge in [0.05, 0.1) is 12.6 Å². The number of hydrogen-bond acceptors (Lipinski definition) is 3. The maximum atomic E-state index is 13.4. The smallest absolute Gasteiger partial charge is 0.254 e. The first-order chi connectivity index (χ1) is 16.0. The van der Waals surface area contributed by atoms with Gasteiger partial charge in [0.15, 0.2) is 0 Å². The lowest BCUT2D eigenvalue weighted by Crippen LogP contribution is -2.45. The topological polar surface area (TPSA) is 49.9 Å². The summed E-state index contributed by atoms with van der Waals surface area (Å²) in [7, 11) is 0. The zero-order valence-electron chi connectivity index (χ0n) is 19.5. The number of ether oxygens (including phenoxy) is 1. The number of piperidine rings is 1. The normalized spacial score (nSPS) is 22.0. The summed E-state index contributed by atoms with van der Waals surface area (Å²) in [6, 6.07) is 17.5. The van der Waals surface area contributed by atoms with E-state index in [-0.39, 0.29) is 23.3 Å². The van der Waals surface area contributed by atoms with Crippen molar-refractivity contribution in [2.45, 2.75) is 45.1 Å². The van der Waals surface area contributed by atoms with Crippen LogP contribution >= 0.6 is 0 Å². The predicted octanol–water partition coefficient (Wildman–Crippen LogP) is 4.56. The Bertz CT molecular complexity index is 993. The van der Waals surface area contributed by atoms with Crippen molar-refractivity contribution in [2.75, 3.05) is 32.8 Å². The van der Waals surface area contributed by atoms with Crippen LogP contribution in [0.4, 0.5) is 0 Å². The van der Waals surface area contributed by atoms with Gasteiger partial charge in [-0.25, -0.2) is 0 Å². The van der Waals surface area contributed by atoms with Crippen molar-refractivity contribution in [1.29, 1.82) is 0 Å². The molecule has 2 aromatic carbocycles. The summed E-state index contributed by atoms with van der Waals surface area (Å²) in [6.07, 6.45) is 5.37. The van der Waals surface area contributed by atoms with Gasteiger partial charge in [0.2, 0.25) is 0 Å². The summed E-state index contributed by atoms with van der Waals surface area (Å²) in [5, 5.41) is 0. The fourth-order valence-corrected chi connectivity index (χ4v) is 5.48. The maximum absolute atomic E-state index is 13.4. The zero-order valence-corrected chi connectivity index (χ0v) is 19.5. The van der Waals surface area contributed by atoms with Gasteiger partial charge in [-0.2, -0.15) is 0 Å². The maximum Gasteiger partial charge on any atom is 0.254 e. The van der Waals surface area contributed by atoms with Gasteiger partial charge in [-0.15, -0.1) is 0 Å². The number of aryl methyl sites for hydroxylation is 1. The van der Waals surface area contributed by atoms with Crippen molar-refractivity contribution < 1.29 is 14.3 Å². The molecule has 5 heteroatoms. The number of amides is 2. The van der Waals surface area contributed by atoms with Crippen molar-refractivity contribution in [3.8, 4) is 0 Å². The lowest BCUT2D eigenvalue weighted by atomic mass is 9.76. The third-order valence-electron chi connectivity index (χ3n) is 7.74. The number of carbonyl (C=O) groups is 2. The highest BCUT2D eigenvalue weighted by Gasteiger charge is 2.48. The van der Waals surface area contributed by atoms with Gasteiger partial charge in [-0.05, 0) is 74.1 Å². The van der Waals surface area contributed by atoms with E-state index in [2.05, 4.69) is 4.90 Å². The van der Waals surface area contributed by atoms with Crippen molar-refractivity contribution >= 4 is 11.8 Å². The monoisotopic (exact) mass is 446 g/mol.